The van der Waals surface area contributed by atoms with E-state index in [0.717, 1.165) is 0 Å². The Kier molecular flexibility index (Phi) is 5.56. The Morgan fingerprint density at radius 2 is 1.91 bits per heavy atom. The standard InChI is InChI=1S/C22H24N4O4S2/c1-14(2)26-20(28)16(32-21(26)31)13-15-18(23-17-5-3-4-8-25(17)19(15)27)24-9-6-22(7-10-24)29-11-12-30-22/h3-5,8,13-14H,6-7,9-12H2,1-2H3/b16-13+. The highest BCUT2D eigenvalue weighted by atomic mass is 32.2. The summed E-state index contributed by atoms with van der Waals surface area (Å²) in [6.45, 7) is 6.34. The number of amides is 1. The largest absolute Gasteiger partial charge is 0.355 e. The first-order valence-electron chi connectivity index (χ1n) is 10.7. The van der Waals surface area contributed by atoms with E-state index in [9.17, 15) is 9.59 Å². The molecule has 10 heteroatoms. The highest BCUT2D eigenvalue weighted by Gasteiger charge is 2.41. The van der Waals surface area contributed by atoms with Gasteiger partial charge in [-0.1, -0.05) is 30.0 Å². The van der Waals surface area contributed by atoms with Gasteiger partial charge in [-0.05, 0) is 32.1 Å². The molecule has 0 bridgehead atoms. The molecule has 0 aliphatic carbocycles. The van der Waals surface area contributed by atoms with Crippen molar-refractivity contribution in [3.8, 4) is 0 Å². The summed E-state index contributed by atoms with van der Waals surface area (Å²) in [4.78, 5) is 35.4. The molecule has 5 rings (SSSR count). The summed E-state index contributed by atoms with van der Waals surface area (Å²) in [6.07, 6.45) is 4.73. The Morgan fingerprint density at radius 1 is 1.19 bits per heavy atom. The molecule has 0 N–H and O–H groups in total. The first kappa shape index (κ1) is 21.6. The number of nitrogens with zero attached hydrogens (tertiary/aromatic N) is 4. The van der Waals surface area contributed by atoms with E-state index in [2.05, 4.69) is 4.90 Å². The van der Waals surface area contributed by atoms with E-state index in [1.165, 1.54) is 16.2 Å². The van der Waals surface area contributed by atoms with Crippen LogP contribution in [0.25, 0.3) is 11.7 Å². The number of pyridine rings is 1. The molecule has 3 aliphatic heterocycles. The Hall–Kier alpha value is -2.27. The van der Waals surface area contributed by atoms with Gasteiger partial charge in [-0.3, -0.25) is 18.9 Å². The van der Waals surface area contributed by atoms with Crippen molar-refractivity contribution in [2.75, 3.05) is 31.2 Å². The average Bonchev–Trinajstić information content (AvgIpc) is 3.34. The van der Waals surface area contributed by atoms with Gasteiger partial charge in [0, 0.05) is 38.2 Å². The number of carbonyl (C=O) groups is 1. The molecule has 3 aliphatic rings. The van der Waals surface area contributed by atoms with Crippen LogP contribution in [0.3, 0.4) is 0 Å². The lowest BCUT2D eigenvalue weighted by molar-refractivity contribution is -0.169. The van der Waals surface area contributed by atoms with Gasteiger partial charge in [-0.25, -0.2) is 4.98 Å². The minimum absolute atomic E-state index is 0.0478. The third kappa shape index (κ3) is 3.64. The number of fused-ring (bicyclic) bond motifs is 1. The Labute approximate surface area is 195 Å². The number of rotatable bonds is 3. The molecule has 0 aromatic carbocycles. The quantitative estimate of drug-likeness (QED) is 0.499. The van der Waals surface area contributed by atoms with Crippen LogP contribution >= 0.6 is 24.0 Å². The number of thiocarbonyl (C=S) groups is 1. The fourth-order valence-electron chi connectivity index (χ4n) is 4.36. The van der Waals surface area contributed by atoms with Gasteiger partial charge in [-0.2, -0.15) is 0 Å². The molecule has 3 saturated heterocycles. The van der Waals surface area contributed by atoms with Gasteiger partial charge in [0.2, 0.25) is 0 Å². The molecule has 2 aromatic rings. The zero-order valence-electron chi connectivity index (χ0n) is 17.9. The van der Waals surface area contributed by atoms with Crippen LogP contribution in [0.4, 0.5) is 5.82 Å². The fraction of sp³-hybridized carbons (Fsp3) is 0.455. The highest BCUT2D eigenvalue weighted by Crippen LogP contribution is 2.36. The zero-order chi connectivity index (χ0) is 22.5. The monoisotopic (exact) mass is 472 g/mol. The maximum atomic E-state index is 13.5. The molecule has 2 aromatic heterocycles. The molecular formula is C22H24N4O4S2. The molecule has 32 heavy (non-hydrogen) atoms. The first-order chi connectivity index (χ1) is 15.4. The summed E-state index contributed by atoms with van der Waals surface area (Å²) < 4.78 is 13.7. The third-order valence-corrected chi connectivity index (χ3v) is 7.33. The molecule has 0 unspecified atom stereocenters. The normalized spacial score (nSPS) is 22.3. The summed E-state index contributed by atoms with van der Waals surface area (Å²) in [6, 6.07) is 5.40. The van der Waals surface area contributed by atoms with Crippen molar-refractivity contribution in [2.24, 2.45) is 0 Å². The number of aromatic nitrogens is 2. The maximum Gasteiger partial charge on any atom is 0.267 e. The van der Waals surface area contributed by atoms with E-state index in [4.69, 9.17) is 26.7 Å². The minimum Gasteiger partial charge on any atom is -0.355 e. The highest BCUT2D eigenvalue weighted by molar-refractivity contribution is 8.26. The zero-order valence-corrected chi connectivity index (χ0v) is 19.6. The van der Waals surface area contributed by atoms with Gasteiger partial charge < -0.3 is 14.4 Å². The molecule has 1 amide bonds. The SMILES string of the molecule is CC(C)N1C(=O)/C(=C\c2c(N3CCC4(CC3)OCCO4)nc3ccccn3c2=O)SC1=S. The Morgan fingerprint density at radius 3 is 2.56 bits per heavy atom. The summed E-state index contributed by atoms with van der Waals surface area (Å²) in [5.74, 6) is -0.130. The molecule has 5 heterocycles. The third-order valence-electron chi connectivity index (χ3n) is 6.00. The van der Waals surface area contributed by atoms with Gasteiger partial charge >= 0.3 is 0 Å². The van der Waals surface area contributed by atoms with Crippen molar-refractivity contribution in [1.29, 1.82) is 0 Å². The van der Waals surface area contributed by atoms with E-state index < -0.39 is 5.79 Å². The summed E-state index contributed by atoms with van der Waals surface area (Å²) in [5.41, 5.74) is 0.740. The van der Waals surface area contributed by atoms with Crippen LogP contribution in [0.15, 0.2) is 34.1 Å². The van der Waals surface area contributed by atoms with Crippen molar-refractivity contribution in [2.45, 2.75) is 38.5 Å². The van der Waals surface area contributed by atoms with Crippen LogP contribution in [0.2, 0.25) is 0 Å². The first-order valence-corrected chi connectivity index (χ1v) is 11.9. The number of hydrogen-bond acceptors (Lipinski definition) is 8. The average molecular weight is 473 g/mol. The van der Waals surface area contributed by atoms with Crippen LogP contribution in [0, 0.1) is 0 Å². The number of piperidine rings is 1. The summed E-state index contributed by atoms with van der Waals surface area (Å²) >= 11 is 6.63. The predicted molar refractivity (Wildman–Crippen MR) is 128 cm³/mol. The molecule has 168 valence electrons. The molecule has 8 nitrogen and oxygen atoms in total. The predicted octanol–water partition coefficient (Wildman–Crippen LogP) is 2.65. The molecular weight excluding hydrogens is 448 g/mol. The van der Waals surface area contributed by atoms with Crippen LogP contribution in [-0.4, -0.2) is 62.6 Å². The molecule has 0 radical (unpaired) electrons. The molecule has 0 saturated carbocycles. The van der Waals surface area contributed by atoms with Gasteiger partial charge in [0.25, 0.3) is 11.5 Å². The maximum absolute atomic E-state index is 13.5. The van der Waals surface area contributed by atoms with Crippen LogP contribution in [0.1, 0.15) is 32.3 Å². The van der Waals surface area contributed by atoms with Gasteiger partial charge in [0.15, 0.2) is 5.79 Å². The van der Waals surface area contributed by atoms with Gasteiger partial charge in [0.05, 0.1) is 23.7 Å². The van der Waals surface area contributed by atoms with Crippen LogP contribution < -0.4 is 10.5 Å². The molecule has 0 atom stereocenters. The van der Waals surface area contributed by atoms with Crippen molar-refractivity contribution in [1.82, 2.24) is 14.3 Å². The van der Waals surface area contributed by atoms with E-state index >= 15 is 0 Å². The van der Waals surface area contributed by atoms with Crippen LogP contribution in [0.5, 0.6) is 0 Å². The van der Waals surface area contributed by atoms with Crippen molar-refractivity contribution >= 4 is 51.7 Å². The number of ether oxygens (including phenoxy) is 2. The lowest BCUT2D eigenvalue weighted by atomic mass is 10.0. The Balaban J connectivity index is 1.57. The van der Waals surface area contributed by atoms with Gasteiger partial charge in [0.1, 0.15) is 15.8 Å². The second kappa shape index (κ2) is 8.26. The van der Waals surface area contributed by atoms with Gasteiger partial charge in [-0.15, -0.1) is 0 Å². The van der Waals surface area contributed by atoms with Crippen molar-refractivity contribution in [3.63, 3.8) is 0 Å². The van der Waals surface area contributed by atoms with E-state index in [1.807, 2.05) is 26.0 Å². The number of anilines is 1. The van der Waals surface area contributed by atoms with E-state index in [1.54, 1.807) is 23.2 Å². The summed E-state index contributed by atoms with van der Waals surface area (Å²) in [7, 11) is 0. The number of hydrogen-bond donors (Lipinski definition) is 0. The van der Waals surface area contributed by atoms with Crippen LogP contribution in [-0.2, 0) is 14.3 Å². The molecule has 3 fully saturated rings. The van der Waals surface area contributed by atoms with E-state index in [-0.39, 0.29) is 17.5 Å². The van der Waals surface area contributed by atoms with E-state index in [0.29, 0.717) is 65.4 Å². The molecule has 1 spiro atoms. The summed E-state index contributed by atoms with van der Waals surface area (Å²) in [5, 5.41) is 0. The minimum atomic E-state index is -0.526. The van der Waals surface area contributed by atoms with Crippen molar-refractivity contribution in [3.05, 3.63) is 45.2 Å². The Bertz CT molecular complexity index is 1180. The number of carbonyl (C=O) groups excluding carboxylic acids is 1. The van der Waals surface area contributed by atoms with Crippen molar-refractivity contribution < 1.29 is 14.3 Å². The smallest absolute Gasteiger partial charge is 0.267 e. The fourth-order valence-corrected chi connectivity index (χ4v) is 5.87. The number of thioether (sulfide) groups is 1. The topological polar surface area (TPSA) is 76.4 Å². The second-order valence-corrected chi connectivity index (χ2v) is 10.00. The second-order valence-electron chi connectivity index (χ2n) is 8.32. The lowest BCUT2D eigenvalue weighted by Crippen LogP contribution is -2.46. The lowest BCUT2D eigenvalue weighted by Gasteiger charge is -2.38.